The van der Waals surface area contributed by atoms with E-state index >= 15 is 0 Å². The van der Waals surface area contributed by atoms with Crippen LogP contribution >= 0.6 is 0 Å². The fourth-order valence-electron chi connectivity index (χ4n) is 3.30. The third-order valence-electron chi connectivity index (χ3n) is 5.23. The average molecular weight is 516 g/mol. The van der Waals surface area contributed by atoms with Gasteiger partial charge in [-0.1, -0.05) is 32.8 Å². The zero-order valence-electron chi connectivity index (χ0n) is 18.8. The number of halogens is 3. The number of fused-ring (bicyclic) bond motifs is 1. The van der Waals surface area contributed by atoms with Gasteiger partial charge in [-0.25, -0.2) is 18.7 Å². The summed E-state index contributed by atoms with van der Waals surface area (Å²) in [6, 6.07) is 12.3. The Labute approximate surface area is 201 Å². The molecule has 0 nitrogen and oxygen atoms in total. The first-order chi connectivity index (χ1) is 13.8. The van der Waals surface area contributed by atoms with Gasteiger partial charge in [0.05, 0.1) is 0 Å². The first kappa shape index (κ1) is 29.4. The first-order valence-electron chi connectivity index (χ1n) is 9.12. The molecule has 1 atom stereocenters. The van der Waals surface area contributed by atoms with E-state index in [-0.39, 0.29) is 20.4 Å². The van der Waals surface area contributed by atoms with Crippen molar-refractivity contribution >= 4 is 17.7 Å². The number of hydrogen-bond donors (Lipinski definition) is 0. The van der Waals surface area contributed by atoms with Crippen LogP contribution in [0.5, 0.6) is 0 Å². The van der Waals surface area contributed by atoms with Gasteiger partial charge in [0.15, 0.2) is 11.6 Å². The standard InChI is InChI=1S/C15H8F3.C9H13.2CH3.Si.Zr/c16-12-7-8-13(17)15(18)14(12)11-6-5-9-3-1-2-4-10(9)11;1-6-5-7(2)9(4)8(6)3;;;;/h1-8H;6H,1-4H3;2*1H3;;/q4*-1;;. The third-order valence-corrected chi connectivity index (χ3v) is 5.23. The summed E-state index contributed by atoms with van der Waals surface area (Å²) in [5.74, 6) is -2.39. The van der Waals surface area contributed by atoms with E-state index in [1.54, 1.807) is 24.3 Å². The van der Waals surface area contributed by atoms with Gasteiger partial charge in [-0.05, 0) is 12.1 Å². The van der Waals surface area contributed by atoms with E-state index in [0.29, 0.717) is 16.9 Å². The van der Waals surface area contributed by atoms with Crippen molar-refractivity contribution in [3.63, 3.8) is 0 Å². The SMILES string of the molecule is CC1=[C-]C(C)C(C)=C1C.Fc1ccc(F)c(-c2c[cH-]c3ccccc23)c1F.[CH3-].[CH3-].[Si]=[Zr]. The van der Waals surface area contributed by atoms with Gasteiger partial charge in [0.2, 0.25) is 0 Å². The zero-order valence-corrected chi connectivity index (χ0v) is 22.3. The molecule has 5 heteroatoms. The summed E-state index contributed by atoms with van der Waals surface area (Å²) >= 11 is 1.36. The van der Waals surface area contributed by atoms with E-state index in [2.05, 4.69) is 40.7 Å². The summed E-state index contributed by atoms with van der Waals surface area (Å²) in [6.45, 7) is 11.7. The molecular formula is C26H27F3SiZr-4. The Hall–Kier alpha value is -1.58. The van der Waals surface area contributed by atoms with Crippen molar-refractivity contribution in [2.24, 2.45) is 5.92 Å². The Morgan fingerprint density at radius 2 is 1.52 bits per heavy atom. The molecule has 1 aliphatic carbocycles. The normalized spacial score (nSPS) is 14.4. The van der Waals surface area contributed by atoms with Crippen molar-refractivity contribution in [1.82, 2.24) is 0 Å². The van der Waals surface area contributed by atoms with Gasteiger partial charge >= 0.3 is 30.2 Å². The summed E-state index contributed by atoms with van der Waals surface area (Å²) < 4.78 is 40.7. The molecule has 0 fully saturated rings. The summed E-state index contributed by atoms with van der Waals surface area (Å²) in [7, 11) is 0. The van der Waals surface area contributed by atoms with E-state index in [4.69, 9.17) is 0 Å². The van der Waals surface area contributed by atoms with E-state index in [1.807, 2.05) is 12.1 Å². The number of benzene rings is 2. The summed E-state index contributed by atoms with van der Waals surface area (Å²) in [5.41, 5.74) is 4.31. The summed E-state index contributed by atoms with van der Waals surface area (Å²) in [6.07, 6.45) is 3.36. The summed E-state index contributed by atoms with van der Waals surface area (Å²) in [5, 5.41) is 1.58. The minimum absolute atomic E-state index is 0. The molecule has 0 amide bonds. The molecule has 0 saturated carbocycles. The zero-order chi connectivity index (χ0) is 21.7. The Balaban J connectivity index is 0.000000595. The molecule has 1 unspecified atom stereocenters. The van der Waals surface area contributed by atoms with Crippen molar-refractivity contribution in [1.29, 1.82) is 0 Å². The number of rotatable bonds is 1. The van der Waals surface area contributed by atoms with Crippen LogP contribution in [0.4, 0.5) is 13.2 Å². The van der Waals surface area contributed by atoms with Crippen molar-refractivity contribution in [2.45, 2.75) is 27.7 Å². The van der Waals surface area contributed by atoms with Crippen LogP contribution in [0.1, 0.15) is 27.7 Å². The molecule has 0 N–H and O–H groups in total. The molecule has 31 heavy (non-hydrogen) atoms. The molecule has 164 valence electrons. The Morgan fingerprint density at radius 3 is 2.03 bits per heavy atom. The monoisotopic (exact) mass is 514 g/mol. The van der Waals surface area contributed by atoms with E-state index in [9.17, 15) is 13.2 Å². The second-order valence-corrected chi connectivity index (χ2v) is 6.85. The van der Waals surface area contributed by atoms with Crippen molar-refractivity contribution in [2.75, 3.05) is 0 Å². The molecule has 0 spiro atoms. The predicted octanol–water partition coefficient (Wildman–Crippen LogP) is 7.88. The third kappa shape index (κ3) is 6.46. The fourth-order valence-corrected chi connectivity index (χ4v) is 3.30. The molecule has 3 aromatic carbocycles. The van der Waals surface area contributed by atoms with Crippen LogP contribution in [0.2, 0.25) is 0 Å². The molecule has 4 rings (SSSR count). The molecular weight excluding hydrogens is 489 g/mol. The van der Waals surface area contributed by atoms with Gasteiger partial charge in [0, 0.05) is 5.56 Å². The van der Waals surface area contributed by atoms with Gasteiger partial charge < -0.3 is 14.9 Å². The van der Waals surface area contributed by atoms with Crippen LogP contribution in [0.25, 0.3) is 21.9 Å². The van der Waals surface area contributed by atoms with Crippen LogP contribution in [0.15, 0.2) is 65.3 Å². The van der Waals surface area contributed by atoms with Crippen molar-refractivity contribution < 1.29 is 36.5 Å². The van der Waals surface area contributed by atoms with Crippen LogP contribution in [0.3, 0.4) is 0 Å². The molecule has 0 aliphatic heterocycles. The van der Waals surface area contributed by atoms with E-state index < -0.39 is 17.5 Å². The van der Waals surface area contributed by atoms with Gasteiger partial charge in [-0.2, -0.15) is 11.1 Å². The quantitative estimate of drug-likeness (QED) is 0.176. The van der Waals surface area contributed by atoms with Crippen LogP contribution in [-0.4, -0.2) is 6.88 Å². The topological polar surface area (TPSA) is 0 Å². The van der Waals surface area contributed by atoms with Gasteiger partial charge in [-0.15, -0.1) is 53.6 Å². The second kappa shape index (κ2) is 13.1. The molecule has 2 radical (unpaired) electrons. The number of allylic oxidation sites excluding steroid dienone is 4. The molecule has 1 aliphatic rings. The average Bonchev–Trinajstić information content (AvgIpc) is 3.24. The molecule has 0 saturated heterocycles. The van der Waals surface area contributed by atoms with Gasteiger partial charge in [0.1, 0.15) is 5.82 Å². The Kier molecular flexibility index (Phi) is 12.4. The fraction of sp³-hybridized carbons (Fsp3) is 0.192. The predicted molar refractivity (Wildman–Crippen MR) is 123 cm³/mol. The first-order valence-corrected chi connectivity index (χ1v) is 13.3. The van der Waals surface area contributed by atoms with Crippen LogP contribution in [-0.2, 0) is 23.3 Å². The maximum atomic E-state index is 13.7. The van der Waals surface area contributed by atoms with E-state index in [1.165, 1.54) is 40.1 Å². The van der Waals surface area contributed by atoms with E-state index in [0.717, 1.165) is 17.5 Å². The van der Waals surface area contributed by atoms with Crippen molar-refractivity contribution in [3.05, 3.63) is 104 Å². The van der Waals surface area contributed by atoms with Gasteiger partial charge in [0.25, 0.3) is 0 Å². The number of hydrogen-bond acceptors (Lipinski definition) is 0. The molecule has 3 aromatic rings. The second-order valence-electron chi connectivity index (χ2n) is 6.85. The minimum atomic E-state index is -1.15. The maximum absolute atomic E-state index is 13.7. The Bertz CT molecular complexity index is 1080. The molecule has 0 heterocycles. The molecule has 0 bridgehead atoms. The summed E-state index contributed by atoms with van der Waals surface area (Å²) in [4.78, 5) is 0. The van der Waals surface area contributed by atoms with Crippen LogP contribution < -0.4 is 0 Å². The van der Waals surface area contributed by atoms with Crippen LogP contribution in [0, 0.1) is 44.3 Å². The van der Waals surface area contributed by atoms with Crippen molar-refractivity contribution in [3.8, 4) is 11.1 Å². The molecule has 0 aromatic heterocycles. The van der Waals surface area contributed by atoms with Gasteiger partial charge in [-0.3, -0.25) is 6.08 Å². The Morgan fingerprint density at radius 1 is 0.935 bits per heavy atom.